The van der Waals surface area contributed by atoms with Crippen LogP contribution in [0.5, 0.6) is 0 Å². The molecule has 1 atom stereocenters. The Morgan fingerprint density at radius 2 is 2.00 bits per heavy atom. The van der Waals surface area contributed by atoms with Crippen LogP contribution < -0.4 is 5.32 Å². The molecule has 5 heteroatoms. The fourth-order valence-electron chi connectivity index (χ4n) is 2.41. The van der Waals surface area contributed by atoms with Crippen molar-refractivity contribution in [3.05, 3.63) is 29.5 Å². The number of anilines is 1. The third kappa shape index (κ3) is 3.81. The number of nitrogens with one attached hydrogen (secondary N) is 1. The van der Waals surface area contributed by atoms with Gasteiger partial charge in [0, 0.05) is 11.9 Å². The fraction of sp³-hybridized carbons (Fsp3) is 0.467. The van der Waals surface area contributed by atoms with E-state index in [9.17, 15) is 5.11 Å². The Balaban J connectivity index is 2.21. The van der Waals surface area contributed by atoms with Crippen LogP contribution >= 0.6 is 11.6 Å². The number of hydrogen-bond donors (Lipinski definition) is 2. The van der Waals surface area contributed by atoms with Crippen molar-refractivity contribution >= 4 is 28.3 Å². The van der Waals surface area contributed by atoms with E-state index in [0.717, 1.165) is 17.3 Å². The highest BCUT2D eigenvalue weighted by atomic mass is 35.5. The molecular formula is C15H20ClN3O. The summed E-state index contributed by atoms with van der Waals surface area (Å²) in [5.41, 5.74) is 0.00526. The third-order valence-corrected chi connectivity index (χ3v) is 3.23. The molecule has 1 unspecified atom stereocenters. The van der Waals surface area contributed by atoms with Crippen LogP contribution in [-0.2, 0) is 0 Å². The minimum Gasteiger partial charge on any atom is -0.388 e. The molecule has 2 N–H and O–H groups in total. The number of halogens is 1. The predicted molar refractivity (Wildman–Crippen MR) is 83.1 cm³/mol. The van der Waals surface area contributed by atoms with Crippen LogP contribution in [-0.4, -0.2) is 27.2 Å². The van der Waals surface area contributed by atoms with Crippen molar-refractivity contribution < 1.29 is 5.11 Å². The molecule has 0 saturated carbocycles. The van der Waals surface area contributed by atoms with Crippen LogP contribution in [0.25, 0.3) is 10.9 Å². The Hall–Kier alpha value is -1.39. The van der Waals surface area contributed by atoms with E-state index in [0.29, 0.717) is 18.3 Å². The molecule has 20 heavy (non-hydrogen) atoms. The number of aliphatic hydroxyl groups is 1. The summed E-state index contributed by atoms with van der Waals surface area (Å²) in [5.74, 6) is 1.09. The van der Waals surface area contributed by atoms with Crippen molar-refractivity contribution in [2.45, 2.75) is 32.8 Å². The van der Waals surface area contributed by atoms with Gasteiger partial charge in [-0.3, -0.25) is 0 Å². The predicted octanol–water partition coefficient (Wildman–Crippen LogP) is 3.49. The van der Waals surface area contributed by atoms with E-state index in [1.807, 2.05) is 31.2 Å². The summed E-state index contributed by atoms with van der Waals surface area (Å²) in [7, 11) is 0. The number of fused-ring (bicyclic) bond motifs is 1. The highest BCUT2D eigenvalue weighted by molar-refractivity contribution is 6.28. The number of para-hydroxylation sites is 1. The monoisotopic (exact) mass is 293 g/mol. The van der Waals surface area contributed by atoms with E-state index in [-0.39, 0.29) is 5.28 Å². The number of benzene rings is 1. The van der Waals surface area contributed by atoms with Gasteiger partial charge in [0.2, 0.25) is 5.28 Å². The van der Waals surface area contributed by atoms with Crippen LogP contribution in [0.2, 0.25) is 5.28 Å². The van der Waals surface area contributed by atoms with Gasteiger partial charge in [-0.25, -0.2) is 9.97 Å². The average Bonchev–Trinajstić information content (AvgIpc) is 2.34. The van der Waals surface area contributed by atoms with Gasteiger partial charge in [-0.1, -0.05) is 26.0 Å². The molecule has 0 aliphatic heterocycles. The molecule has 0 spiro atoms. The van der Waals surface area contributed by atoms with Gasteiger partial charge in [-0.2, -0.15) is 0 Å². The van der Waals surface area contributed by atoms with Crippen molar-refractivity contribution in [1.29, 1.82) is 0 Å². The standard InChI is InChI=1S/C15H20ClN3O/c1-10(2)8-15(3,20)9-17-13-11-6-4-5-7-12(11)18-14(16)19-13/h4-7,10,20H,8-9H2,1-3H3,(H,17,18,19). The summed E-state index contributed by atoms with van der Waals surface area (Å²) in [6, 6.07) is 7.66. The lowest BCUT2D eigenvalue weighted by atomic mass is 9.94. The van der Waals surface area contributed by atoms with Crippen LogP contribution in [0.4, 0.5) is 5.82 Å². The zero-order valence-corrected chi connectivity index (χ0v) is 12.8. The summed E-state index contributed by atoms with van der Waals surface area (Å²) in [4.78, 5) is 8.40. The normalized spacial score (nSPS) is 14.5. The van der Waals surface area contributed by atoms with Crippen molar-refractivity contribution in [1.82, 2.24) is 9.97 Å². The molecule has 0 bridgehead atoms. The van der Waals surface area contributed by atoms with E-state index < -0.39 is 5.60 Å². The Morgan fingerprint density at radius 1 is 1.30 bits per heavy atom. The fourth-order valence-corrected chi connectivity index (χ4v) is 2.58. The molecule has 0 amide bonds. The summed E-state index contributed by atoms with van der Waals surface area (Å²) in [6.07, 6.45) is 0.719. The molecule has 1 heterocycles. The second kappa shape index (κ2) is 5.94. The molecule has 0 aliphatic carbocycles. The highest BCUT2D eigenvalue weighted by Gasteiger charge is 2.22. The van der Waals surface area contributed by atoms with Crippen molar-refractivity contribution in [3.8, 4) is 0 Å². The van der Waals surface area contributed by atoms with Crippen LogP contribution in [0.3, 0.4) is 0 Å². The minimum atomic E-state index is -0.785. The van der Waals surface area contributed by atoms with Gasteiger partial charge in [0.1, 0.15) is 5.82 Å². The third-order valence-electron chi connectivity index (χ3n) is 3.06. The Labute approximate surface area is 124 Å². The first-order valence-corrected chi connectivity index (χ1v) is 7.14. The molecule has 0 radical (unpaired) electrons. The molecule has 2 rings (SSSR count). The van der Waals surface area contributed by atoms with E-state index >= 15 is 0 Å². The maximum Gasteiger partial charge on any atom is 0.224 e. The van der Waals surface area contributed by atoms with Crippen LogP contribution in [0.15, 0.2) is 24.3 Å². The maximum atomic E-state index is 10.3. The van der Waals surface area contributed by atoms with E-state index in [1.165, 1.54) is 0 Å². The second-order valence-electron chi connectivity index (χ2n) is 5.81. The lowest BCUT2D eigenvalue weighted by Crippen LogP contribution is -2.35. The Morgan fingerprint density at radius 3 is 2.70 bits per heavy atom. The van der Waals surface area contributed by atoms with Crippen molar-refractivity contribution in [3.63, 3.8) is 0 Å². The van der Waals surface area contributed by atoms with E-state index in [1.54, 1.807) is 0 Å². The topological polar surface area (TPSA) is 58.0 Å². The first-order valence-electron chi connectivity index (χ1n) is 6.76. The first-order chi connectivity index (χ1) is 9.37. The van der Waals surface area contributed by atoms with E-state index in [4.69, 9.17) is 11.6 Å². The van der Waals surface area contributed by atoms with Crippen LogP contribution in [0, 0.1) is 5.92 Å². The second-order valence-corrected chi connectivity index (χ2v) is 6.14. The van der Waals surface area contributed by atoms with Gasteiger partial charge in [0.25, 0.3) is 0 Å². The summed E-state index contributed by atoms with van der Waals surface area (Å²) in [5, 5.41) is 14.6. The van der Waals surface area contributed by atoms with Gasteiger partial charge < -0.3 is 10.4 Å². The van der Waals surface area contributed by atoms with Gasteiger partial charge in [0.05, 0.1) is 11.1 Å². The number of aromatic nitrogens is 2. The van der Waals surface area contributed by atoms with Crippen molar-refractivity contribution in [2.75, 3.05) is 11.9 Å². The molecule has 0 aliphatic rings. The maximum absolute atomic E-state index is 10.3. The van der Waals surface area contributed by atoms with Crippen LogP contribution in [0.1, 0.15) is 27.2 Å². The van der Waals surface area contributed by atoms with Gasteiger partial charge in [0.15, 0.2) is 0 Å². The molecule has 0 fully saturated rings. The summed E-state index contributed by atoms with van der Waals surface area (Å²) >= 11 is 5.93. The molecule has 4 nitrogen and oxygen atoms in total. The molecular weight excluding hydrogens is 274 g/mol. The number of rotatable bonds is 5. The first kappa shape index (κ1) is 15.0. The van der Waals surface area contributed by atoms with Gasteiger partial charge in [-0.05, 0) is 43.0 Å². The number of hydrogen-bond acceptors (Lipinski definition) is 4. The smallest absolute Gasteiger partial charge is 0.224 e. The lowest BCUT2D eigenvalue weighted by Gasteiger charge is -2.26. The Bertz CT molecular complexity index is 599. The molecule has 1 aromatic carbocycles. The molecule has 0 saturated heterocycles. The quantitative estimate of drug-likeness (QED) is 0.829. The number of nitrogens with zero attached hydrogens (tertiary/aromatic N) is 2. The zero-order valence-electron chi connectivity index (χ0n) is 12.0. The largest absolute Gasteiger partial charge is 0.388 e. The van der Waals surface area contributed by atoms with Gasteiger partial charge >= 0.3 is 0 Å². The SMILES string of the molecule is CC(C)CC(C)(O)CNc1nc(Cl)nc2ccccc12. The highest BCUT2D eigenvalue weighted by Crippen LogP contribution is 2.23. The lowest BCUT2D eigenvalue weighted by molar-refractivity contribution is 0.0515. The van der Waals surface area contributed by atoms with E-state index in [2.05, 4.69) is 29.1 Å². The Kier molecular flexibility index (Phi) is 4.45. The van der Waals surface area contributed by atoms with Gasteiger partial charge in [-0.15, -0.1) is 0 Å². The summed E-state index contributed by atoms with van der Waals surface area (Å²) < 4.78 is 0. The molecule has 108 valence electrons. The minimum absolute atomic E-state index is 0.203. The molecule has 1 aromatic heterocycles. The van der Waals surface area contributed by atoms with Crippen molar-refractivity contribution in [2.24, 2.45) is 5.92 Å². The average molecular weight is 294 g/mol. The molecule has 2 aromatic rings. The zero-order chi connectivity index (χ0) is 14.8. The summed E-state index contributed by atoms with van der Waals surface area (Å²) in [6.45, 7) is 6.42.